The van der Waals surface area contributed by atoms with E-state index in [9.17, 15) is 0 Å². The Morgan fingerprint density at radius 3 is 2.40 bits per heavy atom. The molecular formula is C12H23N3. The Bertz CT molecular complexity index is 302. The van der Waals surface area contributed by atoms with Crippen molar-refractivity contribution >= 4 is 5.69 Å². The number of nitrogens with two attached hydrogens (primary N) is 1. The van der Waals surface area contributed by atoms with Crippen molar-refractivity contribution in [3.05, 3.63) is 11.4 Å². The maximum absolute atomic E-state index is 6.05. The van der Waals surface area contributed by atoms with Crippen molar-refractivity contribution in [3.8, 4) is 0 Å². The number of hydrogen-bond acceptors (Lipinski definition) is 2. The van der Waals surface area contributed by atoms with E-state index in [0.29, 0.717) is 0 Å². The third-order valence-electron chi connectivity index (χ3n) is 2.82. The summed E-state index contributed by atoms with van der Waals surface area (Å²) in [5.74, 6) is 0. The summed E-state index contributed by atoms with van der Waals surface area (Å²) in [7, 11) is 0. The first-order valence-electron chi connectivity index (χ1n) is 6.08. The van der Waals surface area contributed by atoms with Crippen molar-refractivity contribution in [2.24, 2.45) is 0 Å². The highest BCUT2D eigenvalue weighted by Gasteiger charge is 2.11. The number of rotatable bonds is 6. The van der Waals surface area contributed by atoms with Crippen molar-refractivity contribution in [2.45, 2.75) is 59.4 Å². The van der Waals surface area contributed by atoms with Crippen LogP contribution >= 0.6 is 0 Å². The van der Waals surface area contributed by atoms with Gasteiger partial charge in [-0.3, -0.25) is 4.68 Å². The van der Waals surface area contributed by atoms with Gasteiger partial charge in [0.2, 0.25) is 0 Å². The van der Waals surface area contributed by atoms with Crippen LogP contribution in [0.15, 0.2) is 0 Å². The second-order valence-corrected chi connectivity index (χ2v) is 3.94. The molecule has 0 saturated heterocycles. The van der Waals surface area contributed by atoms with Crippen molar-refractivity contribution in [3.63, 3.8) is 0 Å². The second kappa shape index (κ2) is 5.79. The van der Waals surface area contributed by atoms with Gasteiger partial charge in [-0.2, -0.15) is 5.10 Å². The van der Waals surface area contributed by atoms with Gasteiger partial charge in [-0.15, -0.1) is 0 Å². The molecule has 0 aliphatic heterocycles. The zero-order valence-electron chi connectivity index (χ0n) is 10.2. The Labute approximate surface area is 92.7 Å². The first kappa shape index (κ1) is 12.1. The van der Waals surface area contributed by atoms with E-state index in [4.69, 9.17) is 5.73 Å². The normalized spacial score (nSPS) is 10.9. The van der Waals surface area contributed by atoms with Gasteiger partial charge in [-0.25, -0.2) is 0 Å². The van der Waals surface area contributed by atoms with E-state index in [1.165, 1.54) is 25.0 Å². The van der Waals surface area contributed by atoms with Crippen LogP contribution < -0.4 is 5.73 Å². The summed E-state index contributed by atoms with van der Waals surface area (Å²) in [6, 6.07) is 0. The van der Waals surface area contributed by atoms with E-state index in [2.05, 4.69) is 30.6 Å². The van der Waals surface area contributed by atoms with Crippen LogP contribution in [0.3, 0.4) is 0 Å². The highest BCUT2D eigenvalue weighted by molar-refractivity contribution is 5.48. The number of nitrogens with zero attached hydrogens (tertiary/aromatic N) is 2. The topological polar surface area (TPSA) is 43.8 Å². The van der Waals surface area contributed by atoms with Crippen LogP contribution in [0.4, 0.5) is 5.69 Å². The van der Waals surface area contributed by atoms with Gasteiger partial charge in [0.05, 0.1) is 17.1 Å². The molecule has 0 atom stereocenters. The molecule has 1 rings (SSSR count). The van der Waals surface area contributed by atoms with E-state index in [-0.39, 0.29) is 0 Å². The molecule has 0 unspecified atom stereocenters. The number of hydrogen-bond donors (Lipinski definition) is 1. The summed E-state index contributed by atoms with van der Waals surface area (Å²) in [4.78, 5) is 0. The molecule has 0 aliphatic rings. The molecular weight excluding hydrogens is 186 g/mol. The maximum atomic E-state index is 6.05. The fraction of sp³-hybridized carbons (Fsp3) is 0.750. The number of unbranched alkanes of at least 4 members (excludes halogenated alkanes) is 2. The number of aryl methyl sites for hydroxylation is 2. The van der Waals surface area contributed by atoms with Crippen LogP contribution in [0.5, 0.6) is 0 Å². The average Bonchev–Trinajstić information content (AvgIpc) is 2.55. The van der Waals surface area contributed by atoms with Crippen molar-refractivity contribution < 1.29 is 0 Å². The first-order valence-corrected chi connectivity index (χ1v) is 6.08. The van der Waals surface area contributed by atoms with Crippen LogP contribution in [-0.2, 0) is 19.4 Å². The SMILES string of the molecule is CCCCCn1nc(CC)c(N)c1CC. The highest BCUT2D eigenvalue weighted by atomic mass is 15.3. The lowest BCUT2D eigenvalue weighted by Gasteiger charge is -2.05. The van der Waals surface area contributed by atoms with Gasteiger partial charge < -0.3 is 5.73 Å². The van der Waals surface area contributed by atoms with Gasteiger partial charge >= 0.3 is 0 Å². The zero-order chi connectivity index (χ0) is 11.3. The molecule has 0 saturated carbocycles. The predicted octanol–water partition coefficient (Wildman–Crippen LogP) is 2.78. The van der Waals surface area contributed by atoms with Gasteiger partial charge in [0.1, 0.15) is 0 Å². The molecule has 0 aromatic carbocycles. The first-order chi connectivity index (χ1) is 7.24. The van der Waals surface area contributed by atoms with Crippen LogP contribution in [0, 0.1) is 0 Å². The lowest BCUT2D eigenvalue weighted by Crippen LogP contribution is -2.05. The second-order valence-electron chi connectivity index (χ2n) is 3.94. The molecule has 2 N–H and O–H groups in total. The monoisotopic (exact) mass is 209 g/mol. The van der Waals surface area contributed by atoms with E-state index < -0.39 is 0 Å². The fourth-order valence-corrected chi connectivity index (χ4v) is 1.90. The van der Waals surface area contributed by atoms with Crippen LogP contribution in [-0.4, -0.2) is 9.78 Å². The standard InChI is InChI=1S/C12H23N3/c1-4-7-8-9-15-11(6-3)12(13)10(5-2)14-15/h4-9,13H2,1-3H3. The van der Waals surface area contributed by atoms with Crippen LogP contribution in [0.2, 0.25) is 0 Å². The number of nitrogen functional groups attached to an aromatic ring is 1. The Kier molecular flexibility index (Phi) is 4.66. The number of anilines is 1. The highest BCUT2D eigenvalue weighted by Crippen LogP contribution is 2.18. The molecule has 3 heteroatoms. The molecule has 0 bridgehead atoms. The molecule has 0 amide bonds. The van der Waals surface area contributed by atoms with Gasteiger partial charge in [0.25, 0.3) is 0 Å². The van der Waals surface area contributed by atoms with Crippen molar-refractivity contribution in [1.82, 2.24) is 9.78 Å². The van der Waals surface area contributed by atoms with Gasteiger partial charge in [0, 0.05) is 6.54 Å². The Hall–Kier alpha value is -0.990. The fourth-order valence-electron chi connectivity index (χ4n) is 1.90. The lowest BCUT2D eigenvalue weighted by molar-refractivity contribution is 0.532. The molecule has 0 fully saturated rings. The Morgan fingerprint density at radius 2 is 1.87 bits per heavy atom. The van der Waals surface area contributed by atoms with Crippen molar-refractivity contribution in [2.75, 3.05) is 5.73 Å². The molecule has 86 valence electrons. The van der Waals surface area contributed by atoms with Gasteiger partial charge in [-0.05, 0) is 19.3 Å². The maximum Gasteiger partial charge on any atom is 0.0854 e. The minimum atomic E-state index is 0.913. The molecule has 3 nitrogen and oxygen atoms in total. The predicted molar refractivity (Wildman–Crippen MR) is 64.9 cm³/mol. The van der Waals surface area contributed by atoms with Crippen LogP contribution in [0.25, 0.3) is 0 Å². The Balaban J connectivity index is 2.77. The minimum Gasteiger partial charge on any atom is -0.396 e. The molecule has 0 aliphatic carbocycles. The third-order valence-corrected chi connectivity index (χ3v) is 2.82. The average molecular weight is 209 g/mol. The summed E-state index contributed by atoms with van der Waals surface area (Å²) in [5.41, 5.74) is 9.23. The van der Waals surface area contributed by atoms with E-state index in [1.54, 1.807) is 0 Å². The summed E-state index contributed by atoms with van der Waals surface area (Å²) >= 11 is 0. The van der Waals surface area contributed by atoms with E-state index >= 15 is 0 Å². The van der Waals surface area contributed by atoms with Crippen LogP contribution in [0.1, 0.15) is 51.4 Å². The molecule has 0 radical (unpaired) electrons. The molecule has 1 aromatic rings. The quantitative estimate of drug-likeness (QED) is 0.732. The van der Waals surface area contributed by atoms with Gasteiger partial charge in [-0.1, -0.05) is 33.6 Å². The third kappa shape index (κ3) is 2.74. The Morgan fingerprint density at radius 1 is 1.13 bits per heavy atom. The number of aromatic nitrogens is 2. The lowest BCUT2D eigenvalue weighted by atomic mass is 10.2. The smallest absolute Gasteiger partial charge is 0.0854 e. The summed E-state index contributed by atoms with van der Waals surface area (Å²) in [5, 5.41) is 4.56. The largest absolute Gasteiger partial charge is 0.396 e. The zero-order valence-corrected chi connectivity index (χ0v) is 10.2. The molecule has 1 aromatic heterocycles. The van der Waals surface area contributed by atoms with E-state index in [1.807, 2.05) is 0 Å². The minimum absolute atomic E-state index is 0.913. The molecule has 1 heterocycles. The molecule has 15 heavy (non-hydrogen) atoms. The molecule has 0 spiro atoms. The summed E-state index contributed by atoms with van der Waals surface area (Å²) < 4.78 is 2.10. The summed E-state index contributed by atoms with van der Waals surface area (Å²) in [6.07, 6.45) is 5.63. The van der Waals surface area contributed by atoms with Crippen molar-refractivity contribution in [1.29, 1.82) is 0 Å². The summed E-state index contributed by atoms with van der Waals surface area (Å²) in [6.45, 7) is 7.48. The van der Waals surface area contributed by atoms with Gasteiger partial charge in [0.15, 0.2) is 0 Å². The van der Waals surface area contributed by atoms with E-state index in [0.717, 1.165) is 30.8 Å².